The largest absolute Gasteiger partial charge is 0.417 e. The van der Waals surface area contributed by atoms with Crippen LogP contribution in [0, 0.1) is 0 Å². The van der Waals surface area contributed by atoms with Crippen molar-refractivity contribution in [2.45, 2.75) is 51.1 Å². The number of fused-ring (bicyclic) bond motifs is 1. The number of allylic oxidation sites excluding steroid dienone is 3. The number of aryl methyl sites for hydroxylation is 1. The lowest BCUT2D eigenvalue weighted by Crippen LogP contribution is -2.09. The van der Waals surface area contributed by atoms with Crippen LogP contribution < -0.4 is 0 Å². The lowest BCUT2D eigenvalue weighted by molar-refractivity contribution is -0.0883. The van der Waals surface area contributed by atoms with E-state index in [1.54, 1.807) is 6.08 Å². The van der Waals surface area contributed by atoms with Gasteiger partial charge >= 0.3 is 6.18 Å². The molecular formula is C19H22F3N. The first kappa shape index (κ1) is 17.5. The van der Waals surface area contributed by atoms with Gasteiger partial charge in [0.15, 0.2) is 0 Å². The predicted molar refractivity (Wildman–Crippen MR) is 89.0 cm³/mol. The van der Waals surface area contributed by atoms with E-state index >= 15 is 0 Å². The van der Waals surface area contributed by atoms with Crippen LogP contribution in [0.4, 0.5) is 13.2 Å². The molecule has 0 aliphatic heterocycles. The highest BCUT2D eigenvalue weighted by molar-refractivity contribution is 5.39. The molecule has 0 heterocycles. The molecule has 0 N–H and O–H groups in total. The number of aliphatic imine (C=N–C) groups is 1. The zero-order valence-corrected chi connectivity index (χ0v) is 13.5. The van der Waals surface area contributed by atoms with Gasteiger partial charge in [0.05, 0.1) is 5.57 Å². The minimum Gasteiger partial charge on any atom is -0.272 e. The number of benzene rings is 1. The summed E-state index contributed by atoms with van der Waals surface area (Å²) >= 11 is 0. The first-order valence-electron chi connectivity index (χ1n) is 7.85. The second-order valence-electron chi connectivity index (χ2n) is 6.20. The third kappa shape index (κ3) is 4.34. The molecular weight excluding hydrogens is 299 g/mol. The Kier molecular flexibility index (Phi) is 5.45. The molecule has 1 aliphatic carbocycles. The first-order chi connectivity index (χ1) is 10.8. The zero-order chi connectivity index (χ0) is 17.0. The van der Waals surface area contributed by atoms with Gasteiger partial charge in [0.1, 0.15) is 0 Å². The van der Waals surface area contributed by atoms with E-state index in [0.717, 1.165) is 18.7 Å². The number of rotatable bonds is 5. The highest BCUT2D eigenvalue weighted by Gasteiger charge is 2.31. The highest BCUT2D eigenvalue weighted by Crippen LogP contribution is 2.35. The molecule has 0 fully saturated rings. The molecule has 2 rings (SSSR count). The van der Waals surface area contributed by atoms with Crippen LogP contribution in [0.5, 0.6) is 0 Å². The second kappa shape index (κ2) is 7.16. The van der Waals surface area contributed by atoms with Gasteiger partial charge < -0.3 is 0 Å². The summed E-state index contributed by atoms with van der Waals surface area (Å²) in [6, 6.07) is 6.48. The Hall–Kier alpha value is -1.84. The van der Waals surface area contributed by atoms with Crippen LogP contribution in [0.2, 0.25) is 0 Å². The minimum absolute atomic E-state index is 0.176. The summed E-state index contributed by atoms with van der Waals surface area (Å²) in [4.78, 5) is 3.22. The van der Waals surface area contributed by atoms with Crippen molar-refractivity contribution in [1.29, 1.82) is 0 Å². The van der Waals surface area contributed by atoms with E-state index in [2.05, 4.69) is 36.8 Å². The van der Waals surface area contributed by atoms with Crippen LogP contribution in [0.1, 0.15) is 55.2 Å². The van der Waals surface area contributed by atoms with Gasteiger partial charge in [-0.15, -0.1) is 0 Å². The van der Waals surface area contributed by atoms with Crippen LogP contribution in [0.25, 0.3) is 0 Å². The summed E-state index contributed by atoms with van der Waals surface area (Å²) in [6.07, 6.45) is 1.85. The van der Waals surface area contributed by atoms with Crippen molar-refractivity contribution >= 4 is 6.72 Å². The first-order valence-corrected chi connectivity index (χ1v) is 7.85. The quantitative estimate of drug-likeness (QED) is 0.470. The van der Waals surface area contributed by atoms with Crippen LogP contribution in [-0.4, -0.2) is 12.9 Å². The molecule has 0 spiro atoms. The fourth-order valence-electron chi connectivity index (χ4n) is 2.98. The topological polar surface area (TPSA) is 12.4 Å². The maximum Gasteiger partial charge on any atom is 0.417 e. The monoisotopic (exact) mass is 321 g/mol. The lowest BCUT2D eigenvalue weighted by atomic mass is 9.92. The van der Waals surface area contributed by atoms with E-state index in [1.807, 2.05) is 6.92 Å². The smallest absolute Gasteiger partial charge is 0.272 e. The van der Waals surface area contributed by atoms with E-state index in [4.69, 9.17) is 0 Å². The van der Waals surface area contributed by atoms with Gasteiger partial charge in [-0.2, -0.15) is 13.2 Å². The molecule has 0 amide bonds. The normalized spacial score (nSPS) is 19.9. The van der Waals surface area contributed by atoms with Crippen molar-refractivity contribution in [3.8, 4) is 0 Å². The van der Waals surface area contributed by atoms with Crippen LogP contribution in [0.3, 0.4) is 0 Å². The number of nitrogens with zero attached hydrogens (tertiary/aromatic N) is 1. The van der Waals surface area contributed by atoms with Crippen molar-refractivity contribution < 1.29 is 13.2 Å². The molecule has 1 aromatic carbocycles. The van der Waals surface area contributed by atoms with Crippen LogP contribution >= 0.6 is 0 Å². The molecule has 0 saturated carbocycles. The van der Waals surface area contributed by atoms with E-state index in [-0.39, 0.29) is 5.92 Å². The summed E-state index contributed by atoms with van der Waals surface area (Å²) < 4.78 is 38.2. The summed E-state index contributed by atoms with van der Waals surface area (Å²) in [6.45, 7) is 7.35. The van der Waals surface area contributed by atoms with Crippen molar-refractivity contribution in [3.05, 3.63) is 58.8 Å². The Morgan fingerprint density at radius 3 is 2.83 bits per heavy atom. The van der Waals surface area contributed by atoms with Crippen molar-refractivity contribution in [2.24, 2.45) is 4.99 Å². The molecule has 124 valence electrons. The third-order valence-corrected chi connectivity index (χ3v) is 4.46. The second-order valence-corrected chi connectivity index (χ2v) is 6.20. The molecule has 0 bridgehead atoms. The van der Waals surface area contributed by atoms with E-state index in [9.17, 15) is 13.2 Å². The standard InChI is InChI=1S/C19H22F3N/c1-13(5-4-6-17(12-23-3)19(20,21)22)16-10-9-15-8-7-14(2)18(15)11-16/h4,6,9-14H,3,5,7-8H2,1-2H3/b6-4-,17-12+. The molecule has 2 atom stereocenters. The molecule has 2 unspecified atom stereocenters. The third-order valence-electron chi connectivity index (χ3n) is 4.46. The molecule has 0 saturated heterocycles. The molecule has 1 aliphatic rings. The van der Waals surface area contributed by atoms with Gasteiger partial charge in [0.25, 0.3) is 0 Å². The molecule has 0 radical (unpaired) electrons. The average molecular weight is 321 g/mol. The number of hydrogen-bond donors (Lipinski definition) is 0. The summed E-state index contributed by atoms with van der Waals surface area (Å²) in [5.74, 6) is 0.752. The van der Waals surface area contributed by atoms with Gasteiger partial charge in [-0.05, 0) is 54.5 Å². The fraction of sp³-hybridized carbons (Fsp3) is 0.421. The lowest BCUT2D eigenvalue weighted by Gasteiger charge is -2.13. The van der Waals surface area contributed by atoms with Gasteiger partial charge in [0, 0.05) is 6.20 Å². The Bertz CT molecular complexity index is 626. The van der Waals surface area contributed by atoms with E-state index in [0.29, 0.717) is 12.3 Å². The average Bonchev–Trinajstić information content (AvgIpc) is 2.86. The van der Waals surface area contributed by atoms with Gasteiger partial charge in [-0.3, -0.25) is 4.99 Å². The Morgan fingerprint density at radius 1 is 1.43 bits per heavy atom. The molecule has 1 nitrogen and oxygen atoms in total. The number of halogens is 3. The summed E-state index contributed by atoms with van der Waals surface area (Å²) in [5.41, 5.74) is 3.21. The van der Waals surface area contributed by atoms with Gasteiger partial charge in [-0.25, -0.2) is 0 Å². The number of alkyl halides is 3. The Morgan fingerprint density at radius 2 is 2.17 bits per heavy atom. The summed E-state index contributed by atoms with van der Waals surface area (Å²) in [7, 11) is 0. The van der Waals surface area contributed by atoms with Gasteiger partial charge in [0.2, 0.25) is 0 Å². The fourth-order valence-corrected chi connectivity index (χ4v) is 2.98. The predicted octanol–water partition coefficient (Wildman–Crippen LogP) is 5.93. The Labute approximate surface area is 135 Å². The van der Waals surface area contributed by atoms with Crippen molar-refractivity contribution in [3.63, 3.8) is 0 Å². The maximum atomic E-state index is 12.7. The van der Waals surface area contributed by atoms with Gasteiger partial charge in [-0.1, -0.05) is 44.2 Å². The van der Waals surface area contributed by atoms with E-state index < -0.39 is 11.7 Å². The molecule has 4 heteroatoms. The summed E-state index contributed by atoms with van der Waals surface area (Å²) in [5, 5.41) is 0. The van der Waals surface area contributed by atoms with Crippen molar-refractivity contribution in [2.75, 3.05) is 0 Å². The van der Waals surface area contributed by atoms with Crippen LogP contribution in [0.15, 0.2) is 47.1 Å². The highest BCUT2D eigenvalue weighted by atomic mass is 19.4. The zero-order valence-electron chi connectivity index (χ0n) is 13.5. The molecule has 1 aromatic rings. The van der Waals surface area contributed by atoms with E-state index in [1.165, 1.54) is 23.1 Å². The Balaban J connectivity index is 2.06. The van der Waals surface area contributed by atoms with Crippen LogP contribution in [-0.2, 0) is 6.42 Å². The minimum atomic E-state index is -4.40. The maximum absolute atomic E-state index is 12.7. The number of hydrogen-bond acceptors (Lipinski definition) is 1. The SMILES string of the molecule is C=N/C=C(\C=C/CC(C)c1ccc2c(c1)C(C)CC2)C(F)(F)F. The molecule has 0 aromatic heterocycles. The molecule has 23 heavy (non-hydrogen) atoms. The van der Waals surface area contributed by atoms with Crippen molar-refractivity contribution in [1.82, 2.24) is 0 Å².